The fraction of sp³-hybridized carbons (Fsp3) is 0.500. The summed E-state index contributed by atoms with van der Waals surface area (Å²) in [6, 6.07) is 3.83. The van der Waals surface area contributed by atoms with Gasteiger partial charge in [-0.15, -0.1) is 0 Å². The van der Waals surface area contributed by atoms with Crippen molar-refractivity contribution in [3.05, 3.63) is 23.3 Å². The van der Waals surface area contributed by atoms with Crippen LogP contribution in [0.1, 0.15) is 25.0 Å². The van der Waals surface area contributed by atoms with Crippen LogP contribution in [0.4, 0.5) is 0 Å². The number of benzene rings is 1. The Labute approximate surface area is 89.6 Å². The quantitative estimate of drug-likeness (QED) is 0.806. The lowest BCUT2D eigenvalue weighted by molar-refractivity contribution is 0.0782. The van der Waals surface area contributed by atoms with Crippen molar-refractivity contribution in [1.29, 1.82) is 0 Å². The number of hydrogen-bond acceptors (Lipinski definition) is 3. The van der Waals surface area contributed by atoms with Crippen molar-refractivity contribution in [1.82, 2.24) is 0 Å². The van der Waals surface area contributed by atoms with Crippen molar-refractivity contribution in [2.24, 2.45) is 0 Å². The van der Waals surface area contributed by atoms with Crippen LogP contribution in [0, 0.1) is 0 Å². The van der Waals surface area contributed by atoms with Crippen LogP contribution in [-0.4, -0.2) is 18.8 Å². The summed E-state index contributed by atoms with van der Waals surface area (Å²) in [5, 5.41) is 9.94. The van der Waals surface area contributed by atoms with E-state index in [2.05, 4.69) is 0 Å². The Kier molecular flexibility index (Phi) is 2.35. The topological polar surface area (TPSA) is 38.7 Å². The molecule has 0 saturated carbocycles. The van der Waals surface area contributed by atoms with Gasteiger partial charge in [0.1, 0.15) is 0 Å². The smallest absolute Gasteiger partial charge is 0.164 e. The predicted molar refractivity (Wildman–Crippen MR) is 57.4 cm³/mol. The third kappa shape index (κ3) is 1.79. The third-order valence-electron chi connectivity index (χ3n) is 2.68. The van der Waals surface area contributed by atoms with Gasteiger partial charge >= 0.3 is 0 Å². The summed E-state index contributed by atoms with van der Waals surface area (Å²) in [7, 11) is 1.62. The molecule has 0 saturated heterocycles. The fourth-order valence-electron chi connectivity index (χ4n) is 1.78. The Morgan fingerprint density at radius 2 is 2.13 bits per heavy atom. The first kappa shape index (κ1) is 10.3. The van der Waals surface area contributed by atoms with Crippen molar-refractivity contribution in [2.45, 2.75) is 25.9 Å². The van der Waals surface area contributed by atoms with Gasteiger partial charge in [0.25, 0.3) is 0 Å². The summed E-state index contributed by atoms with van der Waals surface area (Å²) in [5.41, 5.74) is 1.14. The van der Waals surface area contributed by atoms with E-state index in [9.17, 15) is 5.11 Å². The van der Waals surface area contributed by atoms with Gasteiger partial charge in [0.05, 0.1) is 19.3 Å². The zero-order chi connectivity index (χ0) is 11.1. The standard InChI is InChI=1S/C12H16O3/c1-12(2,13)9-6-8-4-5-15-11(8)10(7-9)14-3/h6-7,13H,4-5H2,1-3H3. The van der Waals surface area contributed by atoms with Gasteiger partial charge in [-0.05, 0) is 31.5 Å². The Balaban J connectivity index is 2.53. The molecule has 0 aromatic heterocycles. The van der Waals surface area contributed by atoms with Crippen LogP contribution in [0.15, 0.2) is 12.1 Å². The third-order valence-corrected chi connectivity index (χ3v) is 2.68. The molecule has 15 heavy (non-hydrogen) atoms. The van der Waals surface area contributed by atoms with E-state index in [-0.39, 0.29) is 0 Å². The largest absolute Gasteiger partial charge is 0.493 e. The van der Waals surface area contributed by atoms with E-state index >= 15 is 0 Å². The molecule has 0 spiro atoms. The van der Waals surface area contributed by atoms with Gasteiger partial charge in [-0.2, -0.15) is 0 Å². The van der Waals surface area contributed by atoms with E-state index in [1.54, 1.807) is 21.0 Å². The molecule has 0 unspecified atom stereocenters. The molecule has 1 aromatic carbocycles. The SMILES string of the molecule is COc1cc(C(C)(C)O)cc2c1OCC2. The zero-order valence-electron chi connectivity index (χ0n) is 9.33. The molecule has 1 heterocycles. The molecule has 1 N–H and O–H groups in total. The van der Waals surface area contributed by atoms with Crippen LogP contribution >= 0.6 is 0 Å². The number of aliphatic hydroxyl groups is 1. The number of methoxy groups -OCH3 is 1. The first-order valence-electron chi connectivity index (χ1n) is 5.09. The van der Waals surface area contributed by atoms with Crippen LogP contribution in [0.2, 0.25) is 0 Å². The molecule has 82 valence electrons. The van der Waals surface area contributed by atoms with Gasteiger partial charge in [0, 0.05) is 12.0 Å². The summed E-state index contributed by atoms with van der Waals surface area (Å²) in [6.07, 6.45) is 0.885. The molecule has 3 heteroatoms. The second kappa shape index (κ2) is 3.42. The second-order valence-corrected chi connectivity index (χ2v) is 4.32. The maximum absolute atomic E-state index is 9.94. The zero-order valence-corrected chi connectivity index (χ0v) is 9.33. The second-order valence-electron chi connectivity index (χ2n) is 4.32. The van der Waals surface area contributed by atoms with Crippen molar-refractivity contribution >= 4 is 0 Å². The molecule has 0 atom stereocenters. The molecule has 1 aliphatic heterocycles. The summed E-state index contributed by atoms with van der Waals surface area (Å²) < 4.78 is 10.7. The average Bonchev–Trinajstić information content (AvgIpc) is 2.62. The Hall–Kier alpha value is -1.22. The molecule has 1 aromatic rings. The van der Waals surface area contributed by atoms with Crippen LogP contribution in [0.25, 0.3) is 0 Å². The van der Waals surface area contributed by atoms with Crippen molar-refractivity contribution in [2.75, 3.05) is 13.7 Å². The van der Waals surface area contributed by atoms with Crippen molar-refractivity contribution < 1.29 is 14.6 Å². The van der Waals surface area contributed by atoms with Crippen LogP contribution in [-0.2, 0) is 12.0 Å². The maximum atomic E-state index is 9.94. The number of rotatable bonds is 2. The number of fused-ring (bicyclic) bond motifs is 1. The molecule has 2 rings (SSSR count). The van der Waals surface area contributed by atoms with E-state index in [4.69, 9.17) is 9.47 Å². The highest BCUT2D eigenvalue weighted by molar-refractivity contribution is 5.52. The maximum Gasteiger partial charge on any atom is 0.164 e. The van der Waals surface area contributed by atoms with E-state index in [1.807, 2.05) is 12.1 Å². The van der Waals surface area contributed by atoms with Gasteiger partial charge in [0.15, 0.2) is 11.5 Å². The Morgan fingerprint density at radius 1 is 1.40 bits per heavy atom. The monoisotopic (exact) mass is 208 g/mol. The average molecular weight is 208 g/mol. The minimum Gasteiger partial charge on any atom is -0.493 e. The van der Waals surface area contributed by atoms with E-state index < -0.39 is 5.60 Å². The fourth-order valence-corrected chi connectivity index (χ4v) is 1.78. The van der Waals surface area contributed by atoms with Gasteiger partial charge in [-0.1, -0.05) is 0 Å². The molecule has 0 aliphatic carbocycles. The molecule has 0 fully saturated rings. The minimum atomic E-state index is -0.842. The molecule has 0 radical (unpaired) electrons. The summed E-state index contributed by atoms with van der Waals surface area (Å²) >= 11 is 0. The van der Waals surface area contributed by atoms with Crippen LogP contribution < -0.4 is 9.47 Å². The lowest BCUT2D eigenvalue weighted by atomic mass is 9.95. The lowest BCUT2D eigenvalue weighted by Gasteiger charge is -2.19. The summed E-state index contributed by atoms with van der Waals surface area (Å²) in [5.74, 6) is 1.53. The van der Waals surface area contributed by atoms with Crippen LogP contribution in [0.5, 0.6) is 11.5 Å². The molecular weight excluding hydrogens is 192 g/mol. The summed E-state index contributed by atoms with van der Waals surface area (Å²) in [6.45, 7) is 4.23. The first-order valence-corrected chi connectivity index (χ1v) is 5.09. The molecule has 0 amide bonds. The van der Waals surface area contributed by atoms with E-state index in [0.717, 1.165) is 23.3 Å². The van der Waals surface area contributed by atoms with Crippen LogP contribution in [0.3, 0.4) is 0 Å². The first-order chi connectivity index (χ1) is 7.02. The number of hydrogen-bond donors (Lipinski definition) is 1. The van der Waals surface area contributed by atoms with Crippen molar-refractivity contribution in [3.63, 3.8) is 0 Å². The van der Waals surface area contributed by atoms with Gasteiger partial charge in [0.2, 0.25) is 0 Å². The lowest BCUT2D eigenvalue weighted by Crippen LogP contribution is -2.15. The van der Waals surface area contributed by atoms with Crippen molar-refractivity contribution in [3.8, 4) is 11.5 Å². The Morgan fingerprint density at radius 3 is 2.73 bits per heavy atom. The predicted octanol–water partition coefficient (Wildman–Crippen LogP) is 1.86. The molecule has 1 aliphatic rings. The normalized spacial score (nSPS) is 14.7. The van der Waals surface area contributed by atoms with E-state index in [1.165, 1.54) is 0 Å². The van der Waals surface area contributed by atoms with Gasteiger partial charge in [-0.3, -0.25) is 0 Å². The highest BCUT2D eigenvalue weighted by Gasteiger charge is 2.24. The highest BCUT2D eigenvalue weighted by atomic mass is 16.5. The highest BCUT2D eigenvalue weighted by Crippen LogP contribution is 2.39. The molecule has 0 bridgehead atoms. The Bertz CT molecular complexity index is 377. The van der Waals surface area contributed by atoms with Gasteiger partial charge < -0.3 is 14.6 Å². The summed E-state index contributed by atoms with van der Waals surface area (Å²) in [4.78, 5) is 0. The van der Waals surface area contributed by atoms with E-state index in [0.29, 0.717) is 12.4 Å². The minimum absolute atomic E-state index is 0.695. The molecule has 3 nitrogen and oxygen atoms in total. The number of ether oxygens (including phenoxy) is 2. The molecular formula is C12H16O3. The van der Waals surface area contributed by atoms with Gasteiger partial charge in [-0.25, -0.2) is 0 Å².